The van der Waals surface area contributed by atoms with Crippen molar-refractivity contribution in [1.82, 2.24) is 9.97 Å². The number of hydrogen-bond acceptors (Lipinski definition) is 10. The Labute approximate surface area is 244 Å². The molecule has 1 heterocycles. The summed E-state index contributed by atoms with van der Waals surface area (Å²) in [4.78, 5) is 25.5. The van der Waals surface area contributed by atoms with Crippen molar-refractivity contribution in [3.8, 4) is 23.0 Å². The summed E-state index contributed by atoms with van der Waals surface area (Å²) in [7, 11) is 6.67. The van der Waals surface area contributed by atoms with Crippen LogP contribution in [0, 0.1) is 6.92 Å². The molecule has 5 rings (SSSR count). The highest BCUT2D eigenvalue weighted by Crippen LogP contribution is 2.31. The number of rotatable bonds is 10. The Bertz CT molecular complexity index is 1620. The van der Waals surface area contributed by atoms with E-state index in [-0.39, 0.29) is 0 Å². The molecule has 42 heavy (non-hydrogen) atoms. The largest absolute Gasteiger partial charge is 0.497 e. The van der Waals surface area contributed by atoms with E-state index in [2.05, 4.69) is 21.1 Å². The molecule has 216 valence electrons. The second kappa shape index (κ2) is 14.2. The number of nitrogens with one attached hydrogen (secondary N) is 3. The predicted octanol–water partition coefficient (Wildman–Crippen LogP) is 6.65. The minimum Gasteiger partial charge on any atom is -0.497 e. The summed E-state index contributed by atoms with van der Waals surface area (Å²) in [6, 6.07) is 26.0. The van der Waals surface area contributed by atoms with Crippen LogP contribution in [-0.2, 0) is 0 Å². The van der Waals surface area contributed by atoms with Crippen molar-refractivity contribution in [3.05, 3.63) is 96.1 Å². The Balaban J connectivity index is 0.000000310. The average molecular weight is 568 g/mol. The molecule has 4 aromatic carbocycles. The molecule has 10 nitrogen and oxygen atoms in total. The van der Waals surface area contributed by atoms with Gasteiger partial charge in [-0.05, 0) is 55.0 Å². The van der Waals surface area contributed by atoms with Gasteiger partial charge in [-0.2, -0.15) is 0 Å². The van der Waals surface area contributed by atoms with Crippen LogP contribution >= 0.6 is 0 Å². The lowest BCUT2D eigenvalue weighted by atomic mass is 10.1. The third-order valence-corrected chi connectivity index (χ3v) is 6.16. The molecule has 0 saturated heterocycles. The standard InChI is InChI=1S/C23H23N5O3.C9H10O2/c1-24-15-8-10-17(11-9-15)31-28-23-22(26-20-6-4-5-7-21(20)27-23)25-16-12-18(29-2)14-19(13-16)30-3;1-7-3-4-8(6-10)5-9(7)11-2/h4-14,24H,1-3H3,(H,25,26)(H,27,28);3-6H,1-2H3. The van der Waals surface area contributed by atoms with Crippen molar-refractivity contribution < 1.29 is 23.8 Å². The number of para-hydroxylation sites is 2. The normalized spacial score (nSPS) is 10.1. The number of carbonyl (C=O) groups excluding carboxylic acids is 1. The van der Waals surface area contributed by atoms with Crippen LogP contribution in [0.1, 0.15) is 15.9 Å². The van der Waals surface area contributed by atoms with Gasteiger partial charge in [0.1, 0.15) is 23.5 Å². The molecule has 0 amide bonds. The summed E-state index contributed by atoms with van der Waals surface area (Å²) in [5.74, 6) is 3.66. The number of ether oxygens (including phenoxy) is 3. The Hall–Kier alpha value is -5.51. The number of nitrogens with zero attached hydrogens (tertiary/aromatic N) is 2. The molecule has 0 spiro atoms. The molecule has 10 heteroatoms. The minimum atomic E-state index is 0.443. The number of fused-ring (bicyclic) bond motifs is 1. The van der Waals surface area contributed by atoms with Crippen LogP contribution in [0.3, 0.4) is 0 Å². The van der Waals surface area contributed by atoms with Gasteiger partial charge in [-0.1, -0.05) is 24.3 Å². The lowest BCUT2D eigenvalue weighted by Gasteiger charge is -2.15. The molecule has 0 atom stereocenters. The van der Waals surface area contributed by atoms with E-state index in [0.717, 1.165) is 40.0 Å². The Kier molecular flexibility index (Phi) is 9.98. The van der Waals surface area contributed by atoms with Gasteiger partial charge in [-0.15, -0.1) is 0 Å². The second-order valence-electron chi connectivity index (χ2n) is 8.96. The molecule has 0 aliphatic heterocycles. The lowest BCUT2D eigenvalue weighted by Crippen LogP contribution is -2.10. The number of aryl methyl sites for hydroxylation is 1. The van der Waals surface area contributed by atoms with Crippen LogP contribution < -0.4 is 35.2 Å². The Morgan fingerprint density at radius 2 is 1.33 bits per heavy atom. The molecule has 0 radical (unpaired) electrons. The van der Waals surface area contributed by atoms with E-state index in [4.69, 9.17) is 24.0 Å². The van der Waals surface area contributed by atoms with Crippen LogP contribution in [0.4, 0.5) is 23.0 Å². The molecule has 0 fully saturated rings. The quantitative estimate of drug-likeness (QED) is 0.125. The van der Waals surface area contributed by atoms with Crippen molar-refractivity contribution >= 4 is 40.3 Å². The van der Waals surface area contributed by atoms with Crippen LogP contribution in [0.5, 0.6) is 23.0 Å². The van der Waals surface area contributed by atoms with Gasteiger partial charge >= 0.3 is 0 Å². The van der Waals surface area contributed by atoms with Crippen molar-refractivity contribution in [1.29, 1.82) is 0 Å². The molecule has 0 saturated carbocycles. The van der Waals surface area contributed by atoms with E-state index in [1.54, 1.807) is 39.5 Å². The van der Waals surface area contributed by atoms with Gasteiger partial charge in [-0.3, -0.25) is 4.79 Å². The van der Waals surface area contributed by atoms with E-state index < -0.39 is 0 Å². The van der Waals surface area contributed by atoms with E-state index in [1.807, 2.05) is 80.7 Å². The number of aromatic nitrogens is 2. The molecule has 3 N–H and O–H groups in total. The van der Waals surface area contributed by atoms with Crippen molar-refractivity contribution in [3.63, 3.8) is 0 Å². The van der Waals surface area contributed by atoms with E-state index >= 15 is 0 Å². The molecule has 0 aliphatic carbocycles. The fourth-order valence-electron chi connectivity index (χ4n) is 3.88. The molecular weight excluding hydrogens is 534 g/mol. The fraction of sp³-hybridized carbons (Fsp3) is 0.156. The smallest absolute Gasteiger partial charge is 0.204 e. The molecule has 5 aromatic rings. The zero-order valence-corrected chi connectivity index (χ0v) is 24.1. The first kappa shape index (κ1) is 29.5. The first-order valence-corrected chi connectivity index (χ1v) is 13.0. The number of anilines is 4. The van der Waals surface area contributed by atoms with Gasteiger partial charge in [0.15, 0.2) is 11.6 Å². The Morgan fingerprint density at radius 3 is 1.90 bits per heavy atom. The second-order valence-corrected chi connectivity index (χ2v) is 8.96. The summed E-state index contributed by atoms with van der Waals surface area (Å²) in [6.07, 6.45) is 0.808. The number of hydrogen-bond donors (Lipinski definition) is 3. The summed E-state index contributed by atoms with van der Waals surface area (Å²) in [6.45, 7) is 1.94. The SMILES string of the molecule is CNc1ccc(ONc2nc3ccccc3nc2Nc2cc(OC)cc(OC)c2)cc1.COc1cc(C=O)ccc1C. The van der Waals surface area contributed by atoms with E-state index in [9.17, 15) is 4.79 Å². The van der Waals surface area contributed by atoms with Gasteiger partial charge in [0, 0.05) is 42.2 Å². The molecule has 0 aliphatic rings. The maximum Gasteiger partial charge on any atom is 0.204 e. The highest BCUT2D eigenvalue weighted by atomic mass is 16.6. The summed E-state index contributed by atoms with van der Waals surface area (Å²) < 4.78 is 15.7. The van der Waals surface area contributed by atoms with Gasteiger partial charge in [0.25, 0.3) is 0 Å². The first-order chi connectivity index (χ1) is 20.5. The molecular formula is C32H33N5O5. The number of aldehydes is 1. The molecule has 0 bridgehead atoms. The maximum absolute atomic E-state index is 10.3. The molecule has 1 aromatic heterocycles. The van der Waals surface area contributed by atoms with E-state index in [0.29, 0.717) is 34.4 Å². The Morgan fingerprint density at radius 1 is 0.690 bits per heavy atom. The highest BCUT2D eigenvalue weighted by molar-refractivity contribution is 5.82. The van der Waals surface area contributed by atoms with Gasteiger partial charge < -0.3 is 29.7 Å². The highest BCUT2D eigenvalue weighted by Gasteiger charge is 2.12. The van der Waals surface area contributed by atoms with Crippen LogP contribution in [0.15, 0.2) is 84.9 Å². The van der Waals surface area contributed by atoms with Crippen molar-refractivity contribution in [2.24, 2.45) is 0 Å². The summed E-state index contributed by atoms with van der Waals surface area (Å²) in [5.41, 5.74) is 7.83. The fourth-order valence-corrected chi connectivity index (χ4v) is 3.88. The molecule has 0 unspecified atom stereocenters. The van der Waals surface area contributed by atoms with Crippen LogP contribution in [0.2, 0.25) is 0 Å². The van der Waals surface area contributed by atoms with E-state index in [1.165, 1.54) is 0 Å². The topological polar surface area (TPSA) is 116 Å². The van der Waals surface area contributed by atoms with Gasteiger partial charge in [-0.25, -0.2) is 15.4 Å². The summed E-state index contributed by atoms with van der Waals surface area (Å²) in [5, 5.41) is 6.36. The average Bonchev–Trinajstić information content (AvgIpc) is 3.04. The third kappa shape index (κ3) is 7.57. The van der Waals surface area contributed by atoms with Crippen LogP contribution in [0.25, 0.3) is 11.0 Å². The monoisotopic (exact) mass is 567 g/mol. The predicted molar refractivity (Wildman–Crippen MR) is 166 cm³/mol. The number of carbonyl (C=O) groups is 1. The number of methoxy groups -OCH3 is 3. The summed E-state index contributed by atoms with van der Waals surface area (Å²) >= 11 is 0. The third-order valence-electron chi connectivity index (χ3n) is 6.16. The van der Waals surface area contributed by atoms with Gasteiger partial charge in [0.2, 0.25) is 5.82 Å². The maximum atomic E-state index is 10.3. The zero-order chi connectivity index (χ0) is 29.9. The van der Waals surface area contributed by atoms with Crippen molar-refractivity contribution in [2.75, 3.05) is 44.5 Å². The van der Waals surface area contributed by atoms with Crippen LogP contribution in [-0.4, -0.2) is 44.6 Å². The first-order valence-electron chi connectivity index (χ1n) is 13.0. The lowest BCUT2D eigenvalue weighted by molar-refractivity contribution is 0.112. The van der Waals surface area contributed by atoms with Gasteiger partial charge in [0.05, 0.1) is 32.4 Å². The minimum absolute atomic E-state index is 0.443. The zero-order valence-electron chi connectivity index (χ0n) is 24.1. The number of benzene rings is 4. The van der Waals surface area contributed by atoms with Crippen molar-refractivity contribution in [2.45, 2.75) is 6.92 Å².